The second kappa shape index (κ2) is 9.45. The summed E-state index contributed by atoms with van der Waals surface area (Å²) in [5.74, 6) is 0. The first-order chi connectivity index (χ1) is 13.6. The average Bonchev–Trinajstić information content (AvgIpc) is 2.63. The van der Waals surface area contributed by atoms with E-state index in [2.05, 4.69) is 15.3 Å². The number of hydrogen-bond donors (Lipinski definition) is 3. The monoisotopic (exact) mass is 527 g/mol. The molecule has 3 aromatic rings. The fraction of sp³-hybridized carbons (Fsp3) is 0. The Morgan fingerprint density at radius 1 is 0.517 bits per heavy atom. The molecule has 0 radical (unpaired) electrons. The first kappa shape index (κ1) is 22.7. The van der Waals surface area contributed by atoms with Gasteiger partial charge in [0.2, 0.25) is 0 Å². The number of halogens is 6. The lowest BCUT2D eigenvalue weighted by Gasteiger charge is -2.25. The lowest BCUT2D eigenvalue weighted by molar-refractivity contribution is 0.585. The van der Waals surface area contributed by atoms with Gasteiger partial charge >= 0.3 is 7.59 Å². The summed E-state index contributed by atoms with van der Waals surface area (Å²) in [6, 6.07) is 14.2. The van der Waals surface area contributed by atoms with Gasteiger partial charge in [0, 0.05) is 15.1 Å². The second-order valence-corrected chi connectivity index (χ2v) is 10.2. The molecule has 0 aliphatic heterocycles. The maximum absolute atomic E-state index is 13.8. The summed E-state index contributed by atoms with van der Waals surface area (Å²) in [5.41, 5.74) is 1.15. The fourth-order valence-electron chi connectivity index (χ4n) is 2.33. The zero-order chi connectivity index (χ0) is 21.2. The highest BCUT2D eigenvalue weighted by molar-refractivity contribution is 7.68. The van der Waals surface area contributed by atoms with Crippen LogP contribution in [0.5, 0.6) is 0 Å². The summed E-state index contributed by atoms with van der Waals surface area (Å²) < 4.78 is 13.8. The summed E-state index contributed by atoms with van der Waals surface area (Å²) in [7, 11) is -3.64. The molecule has 3 aromatic carbocycles. The Hall–Kier alpha value is -0.970. The van der Waals surface area contributed by atoms with Crippen LogP contribution in [0, 0.1) is 0 Å². The Morgan fingerprint density at radius 3 is 1.03 bits per heavy atom. The third-order valence-electron chi connectivity index (χ3n) is 3.63. The van der Waals surface area contributed by atoms with Crippen LogP contribution in [0.4, 0.5) is 17.1 Å². The minimum Gasteiger partial charge on any atom is -0.303 e. The van der Waals surface area contributed by atoms with Crippen LogP contribution < -0.4 is 15.3 Å². The van der Waals surface area contributed by atoms with E-state index in [1.807, 2.05) is 0 Å². The molecule has 152 valence electrons. The molecule has 0 heterocycles. The second-order valence-electron chi connectivity index (χ2n) is 5.82. The summed E-state index contributed by atoms with van der Waals surface area (Å²) in [6.07, 6.45) is 0. The van der Waals surface area contributed by atoms with Gasteiger partial charge in [-0.25, -0.2) is 0 Å². The van der Waals surface area contributed by atoms with Crippen molar-refractivity contribution >= 4 is 94.3 Å². The summed E-state index contributed by atoms with van der Waals surface area (Å²) >= 11 is 36.5. The highest BCUT2D eigenvalue weighted by Gasteiger charge is 2.25. The molecule has 0 aliphatic carbocycles. The van der Waals surface area contributed by atoms with Crippen molar-refractivity contribution in [2.45, 2.75) is 0 Å². The number of benzene rings is 3. The van der Waals surface area contributed by atoms with E-state index >= 15 is 0 Å². The topological polar surface area (TPSA) is 53.2 Å². The Labute approximate surface area is 197 Å². The molecule has 3 N–H and O–H groups in total. The predicted molar refractivity (Wildman–Crippen MR) is 128 cm³/mol. The lowest BCUT2D eigenvalue weighted by atomic mass is 10.3. The molecule has 4 nitrogen and oxygen atoms in total. The zero-order valence-corrected chi connectivity index (χ0v) is 19.7. The molecule has 0 fully saturated rings. The third-order valence-corrected chi connectivity index (χ3v) is 6.94. The van der Waals surface area contributed by atoms with Gasteiger partial charge in [-0.1, -0.05) is 69.6 Å². The molecule has 0 saturated carbocycles. The molecular formula is C18H12Cl6N3OP. The zero-order valence-electron chi connectivity index (χ0n) is 14.3. The average molecular weight is 530 g/mol. The molecule has 0 saturated heterocycles. The highest BCUT2D eigenvalue weighted by atomic mass is 35.5. The van der Waals surface area contributed by atoms with Gasteiger partial charge in [0.15, 0.2) is 0 Å². The summed E-state index contributed by atoms with van der Waals surface area (Å²) in [6.45, 7) is 0. The molecular weight excluding hydrogens is 518 g/mol. The van der Waals surface area contributed by atoms with Crippen molar-refractivity contribution in [1.82, 2.24) is 0 Å². The van der Waals surface area contributed by atoms with Crippen LogP contribution in [0.3, 0.4) is 0 Å². The van der Waals surface area contributed by atoms with Gasteiger partial charge in [-0.3, -0.25) is 4.57 Å². The van der Waals surface area contributed by atoms with Crippen molar-refractivity contribution in [3.8, 4) is 0 Å². The van der Waals surface area contributed by atoms with Crippen LogP contribution in [0.15, 0.2) is 54.6 Å². The molecule has 0 amide bonds. The number of hydrogen-bond acceptors (Lipinski definition) is 1. The molecule has 0 spiro atoms. The van der Waals surface area contributed by atoms with E-state index in [1.165, 1.54) is 18.2 Å². The van der Waals surface area contributed by atoms with E-state index < -0.39 is 7.59 Å². The van der Waals surface area contributed by atoms with Crippen molar-refractivity contribution in [3.05, 3.63) is 84.7 Å². The standard InChI is InChI=1S/C18H12Cl6N3OP/c19-10-1-4-16(13(22)7-10)25-29(28,26-17-5-2-11(20)8-14(17)23)27-18-6-3-12(21)9-15(18)24/h1-9H,(H3,25,26,27,28). The summed E-state index contributed by atoms with van der Waals surface area (Å²) in [5, 5.41) is 10.8. The first-order valence-corrected chi connectivity index (χ1v) is 11.9. The third kappa shape index (κ3) is 6.02. The maximum atomic E-state index is 13.8. The van der Waals surface area contributed by atoms with Crippen molar-refractivity contribution < 1.29 is 4.57 Å². The fourth-order valence-corrected chi connectivity index (χ4v) is 5.67. The molecule has 0 aliphatic rings. The molecule has 0 aromatic heterocycles. The number of rotatable bonds is 6. The Kier molecular flexibility index (Phi) is 7.40. The van der Waals surface area contributed by atoms with Gasteiger partial charge in [-0.05, 0) is 54.6 Å². The van der Waals surface area contributed by atoms with E-state index in [9.17, 15) is 4.57 Å². The van der Waals surface area contributed by atoms with Gasteiger partial charge in [-0.2, -0.15) is 0 Å². The minimum atomic E-state index is -3.64. The van der Waals surface area contributed by atoms with Gasteiger partial charge in [0.1, 0.15) is 0 Å². The van der Waals surface area contributed by atoms with Crippen LogP contribution in [-0.4, -0.2) is 0 Å². The first-order valence-electron chi connectivity index (χ1n) is 7.95. The van der Waals surface area contributed by atoms with Gasteiger partial charge in [0.05, 0.1) is 32.1 Å². The van der Waals surface area contributed by atoms with Crippen LogP contribution in [0.25, 0.3) is 0 Å². The van der Waals surface area contributed by atoms with Gasteiger partial charge < -0.3 is 15.3 Å². The maximum Gasteiger partial charge on any atom is 0.352 e. The smallest absolute Gasteiger partial charge is 0.303 e. The number of nitrogens with one attached hydrogen (secondary N) is 3. The molecule has 11 heteroatoms. The molecule has 3 rings (SSSR count). The van der Waals surface area contributed by atoms with E-state index in [0.717, 1.165) is 0 Å². The SMILES string of the molecule is O=P(Nc1ccc(Cl)cc1Cl)(Nc1ccc(Cl)cc1Cl)Nc1ccc(Cl)cc1Cl. The van der Waals surface area contributed by atoms with Crippen molar-refractivity contribution in [2.75, 3.05) is 15.3 Å². The van der Waals surface area contributed by atoms with Crippen molar-refractivity contribution in [3.63, 3.8) is 0 Å². The Bertz CT molecular complexity index is 974. The number of anilines is 3. The molecule has 0 bridgehead atoms. The van der Waals surface area contributed by atoms with E-state index in [4.69, 9.17) is 69.6 Å². The molecule has 0 atom stereocenters. The van der Waals surface area contributed by atoms with Gasteiger partial charge in [0.25, 0.3) is 0 Å². The molecule has 29 heavy (non-hydrogen) atoms. The lowest BCUT2D eigenvalue weighted by Crippen LogP contribution is -2.14. The van der Waals surface area contributed by atoms with E-state index in [1.54, 1.807) is 36.4 Å². The highest BCUT2D eigenvalue weighted by Crippen LogP contribution is 2.49. The molecule has 0 unspecified atom stereocenters. The minimum absolute atomic E-state index is 0.283. The normalized spacial score (nSPS) is 11.2. The van der Waals surface area contributed by atoms with E-state index in [-0.39, 0.29) is 15.1 Å². The quantitative estimate of drug-likeness (QED) is 0.278. The summed E-state index contributed by atoms with van der Waals surface area (Å²) in [4.78, 5) is 0. The van der Waals surface area contributed by atoms with Crippen LogP contribution in [0.1, 0.15) is 0 Å². The Morgan fingerprint density at radius 2 is 0.793 bits per heavy atom. The van der Waals surface area contributed by atoms with Crippen molar-refractivity contribution in [2.24, 2.45) is 0 Å². The largest absolute Gasteiger partial charge is 0.352 e. The van der Waals surface area contributed by atoms with E-state index in [0.29, 0.717) is 32.1 Å². The predicted octanol–water partition coefficient (Wildman–Crippen LogP) is 9.35. The van der Waals surface area contributed by atoms with Crippen LogP contribution >= 0.6 is 77.2 Å². The van der Waals surface area contributed by atoms with Crippen molar-refractivity contribution in [1.29, 1.82) is 0 Å². The van der Waals surface area contributed by atoms with Crippen LogP contribution in [0.2, 0.25) is 30.1 Å². The van der Waals surface area contributed by atoms with Crippen LogP contribution in [-0.2, 0) is 4.57 Å². The van der Waals surface area contributed by atoms with Gasteiger partial charge in [-0.15, -0.1) is 0 Å². The Balaban J connectivity index is 2.00.